The third-order valence-electron chi connectivity index (χ3n) is 3.89. The highest BCUT2D eigenvalue weighted by atomic mass is 16.1. The van der Waals surface area contributed by atoms with Crippen molar-refractivity contribution >= 4 is 11.6 Å². The molecule has 102 valence electrons. The quantitative estimate of drug-likeness (QED) is 0.841. The molecule has 19 heavy (non-hydrogen) atoms. The Balaban J connectivity index is 1.39. The minimum absolute atomic E-state index is 0.0380. The van der Waals surface area contributed by atoms with Crippen molar-refractivity contribution in [3.05, 3.63) is 30.3 Å². The molecule has 1 saturated heterocycles. The number of likely N-dealkylation sites (tertiary alicyclic amines) is 1. The van der Waals surface area contributed by atoms with Crippen LogP contribution >= 0.6 is 0 Å². The minimum Gasteiger partial charge on any atom is -0.325 e. The van der Waals surface area contributed by atoms with Crippen LogP contribution in [0.3, 0.4) is 0 Å². The van der Waals surface area contributed by atoms with Crippen molar-refractivity contribution in [1.82, 2.24) is 10.2 Å². The second kappa shape index (κ2) is 5.72. The third kappa shape index (κ3) is 3.55. The molecule has 0 bridgehead atoms. The zero-order valence-corrected chi connectivity index (χ0v) is 11.1. The highest BCUT2D eigenvalue weighted by Crippen LogP contribution is 2.29. The number of rotatable bonds is 5. The first-order chi connectivity index (χ1) is 9.31. The van der Waals surface area contributed by atoms with Gasteiger partial charge in [-0.3, -0.25) is 9.69 Å². The van der Waals surface area contributed by atoms with Crippen LogP contribution in [0.5, 0.6) is 0 Å². The van der Waals surface area contributed by atoms with Crippen LogP contribution < -0.4 is 10.6 Å². The number of benzene rings is 1. The molecule has 1 heterocycles. The van der Waals surface area contributed by atoms with E-state index >= 15 is 0 Å². The van der Waals surface area contributed by atoms with Crippen LogP contribution in [-0.2, 0) is 4.79 Å². The van der Waals surface area contributed by atoms with Crippen molar-refractivity contribution in [1.29, 1.82) is 0 Å². The van der Waals surface area contributed by atoms with Gasteiger partial charge in [-0.15, -0.1) is 0 Å². The molecular formula is C15H21N3O. The Hall–Kier alpha value is -1.39. The van der Waals surface area contributed by atoms with Crippen LogP contribution in [0.4, 0.5) is 5.69 Å². The summed E-state index contributed by atoms with van der Waals surface area (Å²) in [6.45, 7) is 2.68. The molecule has 1 aliphatic carbocycles. The second-order valence-corrected chi connectivity index (χ2v) is 5.51. The standard InChI is InChI=1S/C15H21N3O/c19-15(17-12-4-2-1-3-5-12)10-16-13-8-9-18(11-13)14-6-7-14/h1-5,13-14,16H,6-11H2,(H,17,19). The lowest BCUT2D eigenvalue weighted by molar-refractivity contribution is -0.115. The fourth-order valence-electron chi connectivity index (χ4n) is 2.69. The first kappa shape index (κ1) is 12.6. The number of para-hydroxylation sites is 1. The highest BCUT2D eigenvalue weighted by molar-refractivity contribution is 5.92. The Kier molecular flexibility index (Phi) is 3.80. The fraction of sp³-hybridized carbons (Fsp3) is 0.533. The number of nitrogens with one attached hydrogen (secondary N) is 2. The first-order valence-electron chi connectivity index (χ1n) is 7.13. The maximum absolute atomic E-state index is 11.8. The van der Waals surface area contributed by atoms with Crippen LogP contribution in [0.2, 0.25) is 0 Å². The van der Waals surface area contributed by atoms with Gasteiger partial charge in [0.2, 0.25) is 5.91 Å². The number of carbonyl (C=O) groups excluding carboxylic acids is 1. The van der Waals surface area contributed by atoms with E-state index in [1.54, 1.807) is 0 Å². The van der Waals surface area contributed by atoms with Crippen molar-refractivity contribution in [3.63, 3.8) is 0 Å². The summed E-state index contributed by atoms with van der Waals surface area (Å²) in [6, 6.07) is 10.9. The van der Waals surface area contributed by atoms with Crippen LogP contribution in [-0.4, -0.2) is 42.5 Å². The number of anilines is 1. The molecule has 0 aromatic heterocycles. The molecule has 1 saturated carbocycles. The molecule has 4 nitrogen and oxygen atoms in total. The van der Waals surface area contributed by atoms with Gasteiger partial charge in [0, 0.05) is 30.9 Å². The summed E-state index contributed by atoms with van der Waals surface area (Å²) in [5.74, 6) is 0.0380. The lowest BCUT2D eigenvalue weighted by atomic mass is 10.2. The largest absolute Gasteiger partial charge is 0.325 e. The Morgan fingerprint density at radius 3 is 2.74 bits per heavy atom. The van der Waals surface area contributed by atoms with Crippen LogP contribution in [0.25, 0.3) is 0 Å². The van der Waals surface area contributed by atoms with Gasteiger partial charge in [0.05, 0.1) is 6.54 Å². The van der Waals surface area contributed by atoms with Crippen molar-refractivity contribution in [3.8, 4) is 0 Å². The van der Waals surface area contributed by atoms with E-state index < -0.39 is 0 Å². The molecule has 1 unspecified atom stereocenters. The average Bonchev–Trinajstić information content (AvgIpc) is 3.17. The zero-order valence-electron chi connectivity index (χ0n) is 11.1. The molecule has 2 aliphatic rings. The Bertz CT molecular complexity index is 430. The molecule has 1 atom stereocenters. The van der Waals surface area contributed by atoms with E-state index in [0.29, 0.717) is 12.6 Å². The van der Waals surface area contributed by atoms with Gasteiger partial charge in [0.1, 0.15) is 0 Å². The maximum Gasteiger partial charge on any atom is 0.238 e. The van der Waals surface area contributed by atoms with Crippen molar-refractivity contribution in [2.24, 2.45) is 0 Å². The Morgan fingerprint density at radius 1 is 1.21 bits per heavy atom. The summed E-state index contributed by atoms with van der Waals surface area (Å²) in [7, 11) is 0. The number of carbonyl (C=O) groups is 1. The van der Waals surface area contributed by atoms with Crippen molar-refractivity contribution in [2.75, 3.05) is 25.0 Å². The fourth-order valence-corrected chi connectivity index (χ4v) is 2.69. The molecule has 2 N–H and O–H groups in total. The molecule has 2 fully saturated rings. The molecule has 0 radical (unpaired) electrons. The van der Waals surface area contributed by atoms with Gasteiger partial charge in [0.25, 0.3) is 0 Å². The zero-order chi connectivity index (χ0) is 13.1. The summed E-state index contributed by atoms with van der Waals surface area (Å²) in [6.07, 6.45) is 3.89. The van der Waals surface area contributed by atoms with Crippen LogP contribution in [0, 0.1) is 0 Å². The van der Waals surface area contributed by atoms with Gasteiger partial charge in [-0.05, 0) is 31.4 Å². The number of amides is 1. The smallest absolute Gasteiger partial charge is 0.238 e. The summed E-state index contributed by atoms with van der Waals surface area (Å²) >= 11 is 0. The molecule has 1 aromatic carbocycles. The molecule has 1 aliphatic heterocycles. The monoisotopic (exact) mass is 259 g/mol. The summed E-state index contributed by atoms with van der Waals surface area (Å²) in [4.78, 5) is 14.4. The lowest BCUT2D eigenvalue weighted by Crippen LogP contribution is -2.38. The SMILES string of the molecule is O=C(CNC1CCN(C2CC2)C1)Nc1ccccc1. The van der Waals surface area contributed by atoms with E-state index in [1.165, 1.54) is 19.4 Å². The van der Waals surface area contributed by atoms with E-state index in [-0.39, 0.29) is 5.91 Å². The molecule has 1 aromatic rings. The predicted molar refractivity (Wildman–Crippen MR) is 76.1 cm³/mol. The van der Waals surface area contributed by atoms with Gasteiger partial charge in [-0.2, -0.15) is 0 Å². The second-order valence-electron chi connectivity index (χ2n) is 5.51. The highest BCUT2D eigenvalue weighted by Gasteiger charge is 2.34. The molecular weight excluding hydrogens is 238 g/mol. The van der Waals surface area contributed by atoms with E-state index in [4.69, 9.17) is 0 Å². The number of nitrogens with zero attached hydrogens (tertiary/aromatic N) is 1. The Morgan fingerprint density at radius 2 is 2.00 bits per heavy atom. The van der Waals surface area contributed by atoms with Gasteiger partial charge in [-0.25, -0.2) is 0 Å². The van der Waals surface area contributed by atoms with Crippen LogP contribution in [0.15, 0.2) is 30.3 Å². The summed E-state index contributed by atoms with van der Waals surface area (Å²) in [5.41, 5.74) is 0.861. The van der Waals surface area contributed by atoms with Crippen LogP contribution in [0.1, 0.15) is 19.3 Å². The average molecular weight is 259 g/mol. The molecule has 0 spiro atoms. The van der Waals surface area contributed by atoms with Crippen molar-refractivity contribution < 1.29 is 4.79 Å². The van der Waals surface area contributed by atoms with E-state index in [2.05, 4.69) is 15.5 Å². The Labute approximate surface area is 114 Å². The normalized spacial score (nSPS) is 23.5. The minimum atomic E-state index is 0.0380. The topological polar surface area (TPSA) is 44.4 Å². The van der Waals surface area contributed by atoms with Crippen molar-refractivity contribution in [2.45, 2.75) is 31.3 Å². The molecule has 4 heteroatoms. The first-order valence-corrected chi connectivity index (χ1v) is 7.13. The van der Waals surface area contributed by atoms with Gasteiger partial charge in [-0.1, -0.05) is 18.2 Å². The molecule has 3 rings (SSSR count). The lowest BCUT2D eigenvalue weighted by Gasteiger charge is -2.15. The van der Waals surface area contributed by atoms with Gasteiger partial charge >= 0.3 is 0 Å². The third-order valence-corrected chi connectivity index (χ3v) is 3.89. The van der Waals surface area contributed by atoms with Gasteiger partial charge < -0.3 is 10.6 Å². The van der Waals surface area contributed by atoms with E-state index in [9.17, 15) is 4.79 Å². The number of hydrogen-bond acceptors (Lipinski definition) is 3. The molecule has 1 amide bonds. The van der Waals surface area contributed by atoms with E-state index in [1.807, 2.05) is 30.3 Å². The summed E-state index contributed by atoms with van der Waals surface area (Å²) < 4.78 is 0. The van der Waals surface area contributed by atoms with Gasteiger partial charge in [0.15, 0.2) is 0 Å². The summed E-state index contributed by atoms with van der Waals surface area (Å²) in [5, 5.41) is 6.26. The number of hydrogen-bond donors (Lipinski definition) is 2. The predicted octanol–water partition coefficient (Wildman–Crippen LogP) is 1.45. The van der Waals surface area contributed by atoms with E-state index in [0.717, 1.165) is 24.7 Å². The maximum atomic E-state index is 11.8.